The van der Waals surface area contributed by atoms with Crippen molar-refractivity contribution in [2.45, 2.75) is 13.8 Å². The fourth-order valence-corrected chi connectivity index (χ4v) is 0.246. The van der Waals surface area contributed by atoms with Crippen molar-refractivity contribution in [3.63, 3.8) is 0 Å². The third-order valence-electron chi connectivity index (χ3n) is 0.509. The average Bonchev–Trinajstić information content (AvgIpc) is 1.61. The van der Waals surface area contributed by atoms with Crippen LogP contribution in [0.4, 0.5) is 0 Å². The lowest BCUT2D eigenvalue weighted by Gasteiger charge is -1.91. The molecule has 7 heavy (non-hydrogen) atoms. The molecule has 0 unspecified atom stereocenters. The van der Waals surface area contributed by atoms with E-state index in [0.717, 1.165) is 0 Å². The lowest BCUT2D eigenvalue weighted by Crippen LogP contribution is -2.02. The summed E-state index contributed by atoms with van der Waals surface area (Å²) in [6.07, 6.45) is 0. The molecule has 0 aliphatic rings. The zero-order valence-electron chi connectivity index (χ0n) is 4.73. The first-order chi connectivity index (χ1) is 3.27. The Morgan fingerprint density at radius 3 is 2.43 bits per heavy atom. The third-order valence-corrected chi connectivity index (χ3v) is 0.509. The standard InChI is InChI=1S/C5H10O2/c1-3-7-4-5(2)6/h3-4H2,1-2H3. The third kappa shape index (κ3) is 5.63. The van der Waals surface area contributed by atoms with Gasteiger partial charge >= 0.3 is 0 Å². The summed E-state index contributed by atoms with van der Waals surface area (Å²) in [6, 6.07) is 0. The Hall–Kier alpha value is -0.370. The highest BCUT2D eigenvalue weighted by Crippen LogP contribution is 1.72. The summed E-state index contributed by atoms with van der Waals surface area (Å²) < 4.78 is 4.75. The number of hydrogen-bond acceptors (Lipinski definition) is 2. The predicted molar refractivity (Wildman–Crippen MR) is 27.2 cm³/mol. The Balaban J connectivity index is 2.82. The monoisotopic (exact) mass is 102 g/mol. The van der Waals surface area contributed by atoms with Crippen LogP contribution in [0.1, 0.15) is 13.8 Å². The van der Waals surface area contributed by atoms with E-state index in [1.807, 2.05) is 6.92 Å². The molecular weight excluding hydrogens is 92.1 g/mol. The maximum absolute atomic E-state index is 10.1. The number of carbonyl (C=O) groups is 1. The van der Waals surface area contributed by atoms with Crippen LogP contribution in [0.3, 0.4) is 0 Å². The van der Waals surface area contributed by atoms with E-state index in [2.05, 4.69) is 0 Å². The second-order valence-corrected chi connectivity index (χ2v) is 1.34. The van der Waals surface area contributed by atoms with Gasteiger partial charge in [-0.3, -0.25) is 4.79 Å². The Labute approximate surface area is 43.5 Å². The second kappa shape index (κ2) is 3.81. The van der Waals surface area contributed by atoms with Gasteiger partial charge in [0.25, 0.3) is 0 Å². The smallest absolute Gasteiger partial charge is 0.155 e. The van der Waals surface area contributed by atoms with Crippen molar-refractivity contribution in [2.75, 3.05) is 13.2 Å². The lowest BCUT2D eigenvalue weighted by atomic mass is 10.5. The summed E-state index contributed by atoms with van der Waals surface area (Å²) in [5.41, 5.74) is 0. The molecule has 0 N–H and O–H groups in total. The molecule has 0 amide bonds. The van der Waals surface area contributed by atoms with Crippen LogP contribution in [-0.4, -0.2) is 19.0 Å². The van der Waals surface area contributed by atoms with Gasteiger partial charge in [0.2, 0.25) is 0 Å². The van der Waals surface area contributed by atoms with Gasteiger partial charge < -0.3 is 4.74 Å². The number of Topliss-reactive ketones (excluding diaryl/α,β-unsaturated/α-hetero) is 1. The maximum atomic E-state index is 10.1. The summed E-state index contributed by atoms with van der Waals surface area (Å²) in [4.78, 5) is 10.1. The van der Waals surface area contributed by atoms with Gasteiger partial charge in [-0.15, -0.1) is 0 Å². The van der Waals surface area contributed by atoms with Crippen molar-refractivity contribution in [1.82, 2.24) is 0 Å². The Morgan fingerprint density at radius 1 is 1.71 bits per heavy atom. The van der Waals surface area contributed by atoms with Crippen molar-refractivity contribution in [2.24, 2.45) is 0 Å². The van der Waals surface area contributed by atoms with Gasteiger partial charge in [-0.05, 0) is 13.8 Å². The molecule has 2 heteroatoms. The normalized spacial score (nSPS) is 8.86. The van der Waals surface area contributed by atoms with E-state index in [4.69, 9.17) is 4.74 Å². The van der Waals surface area contributed by atoms with Gasteiger partial charge in [-0.2, -0.15) is 0 Å². The molecule has 0 heterocycles. The Bertz CT molecular complexity index is 59.1. The van der Waals surface area contributed by atoms with Crippen molar-refractivity contribution in [3.05, 3.63) is 0 Å². The number of carbonyl (C=O) groups excluding carboxylic acids is 1. The Morgan fingerprint density at radius 2 is 2.29 bits per heavy atom. The van der Waals surface area contributed by atoms with E-state index in [1.165, 1.54) is 6.92 Å². The molecule has 0 saturated carbocycles. The summed E-state index contributed by atoms with van der Waals surface area (Å²) in [5.74, 6) is 0.0850. The molecule has 2 nitrogen and oxygen atoms in total. The van der Waals surface area contributed by atoms with E-state index in [-0.39, 0.29) is 12.4 Å². The minimum Gasteiger partial charge on any atom is -0.374 e. The van der Waals surface area contributed by atoms with E-state index in [9.17, 15) is 4.79 Å². The molecule has 0 aliphatic carbocycles. The molecule has 0 rings (SSSR count). The van der Waals surface area contributed by atoms with Crippen molar-refractivity contribution < 1.29 is 9.53 Å². The van der Waals surface area contributed by atoms with Crippen LogP contribution >= 0.6 is 0 Å². The molecule has 0 fully saturated rings. The highest BCUT2D eigenvalue weighted by Gasteiger charge is 1.86. The number of hydrogen-bond donors (Lipinski definition) is 0. The van der Waals surface area contributed by atoms with Crippen LogP contribution in [0.5, 0.6) is 0 Å². The van der Waals surface area contributed by atoms with Gasteiger partial charge in [-0.1, -0.05) is 0 Å². The summed E-state index contributed by atoms with van der Waals surface area (Å²) in [6.45, 7) is 4.26. The second-order valence-electron chi connectivity index (χ2n) is 1.34. The van der Waals surface area contributed by atoms with Crippen LogP contribution in [-0.2, 0) is 9.53 Å². The first kappa shape index (κ1) is 6.63. The number of ether oxygens (including phenoxy) is 1. The zero-order valence-corrected chi connectivity index (χ0v) is 4.73. The van der Waals surface area contributed by atoms with E-state index in [0.29, 0.717) is 6.61 Å². The van der Waals surface area contributed by atoms with Crippen molar-refractivity contribution in [3.8, 4) is 0 Å². The SMILES string of the molecule is CCOCC(C)=O. The maximum Gasteiger partial charge on any atom is 0.155 e. The molecule has 0 atom stereocenters. The molecule has 0 aromatic heterocycles. The van der Waals surface area contributed by atoms with Crippen LogP contribution in [0.2, 0.25) is 0 Å². The van der Waals surface area contributed by atoms with E-state index < -0.39 is 0 Å². The first-order valence-electron chi connectivity index (χ1n) is 2.34. The van der Waals surface area contributed by atoms with Gasteiger partial charge in [0.05, 0.1) is 0 Å². The fraction of sp³-hybridized carbons (Fsp3) is 0.800. The van der Waals surface area contributed by atoms with Crippen molar-refractivity contribution in [1.29, 1.82) is 0 Å². The van der Waals surface area contributed by atoms with Crippen molar-refractivity contribution >= 4 is 5.78 Å². The molecule has 0 aliphatic heterocycles. The quantitative estimate of drug-likeness (QED) is 0.522. The fourth-order valence-electron chi connectivity index (χ4n) is 0.246. The molecule has 0 aromatic rings. The van der Waals surface area contributed by atoms with E-state index >= 15 is 0 Å². The van der Waals surface area contributed by atoms with Gasteiger partial charge in [0.15, 0.2) is 5.78 Å². The van der Waals surface area contributed by atoms with Gasteiger partial charge in [0.1, 0.15) is 6.61 Å². The minimum atomic E-state index is 0.0850. The Kier molecular flexibility index (Phi) is 3.61. The molecule has 42 valence electrons. The van der Waals surface area contributed by atoms with Gasteiger partial charge in [0, 0.05) is 6.61 Å². The van der Waals surface area contributed by atoms with Crippen LogP contribution in [0.25, 0.3) is 0 Å². The first-order valence-corrected chi connectivity index (χ1v) is 2.34. The molecular formula is C5H10O2. The van der Waals surface area contributed by atoms with Crippen LogP contribution < -0.4 is 0 Å². The molecule has 0 bridgehead atoms. The lowest BCUT2D eigenvalue weighted by molar-refractivity contribution is -0.121. The molecule has 0 radical (unpaired) electrons. The largest absolute Gasteiger partial charge is 0.374 e. The summed E-state index contributed by atoms with van der Waals surface area (Å²) >= 11 is 0. The summed E-state index contributed by atoms with van der Waals surface area (Å²) in [7, 11) is 0. The van der Waals surface area contributed by atoms with Gasteiger partial charge in [-0.25, -0.2) is 0 Å². The zero-order chi connectivity index (χ0) is 5.70. The van der Waals surface area contributed by atoms with Crippen LogP contribution in [0, 0.1) is 0 Å². The summed E-state index contributed by atoms with van der Waals surface area (Å²) in [5, 5.41) is 0. The topological polar surface area (TPSA) is 26.3 Å². The van der Waals surface area contributed by atoms with Crippen LogP contribution in [0.15, 0.2) is 0 Å². The predicted octanol–water partition coefficient (Wildman–Crippen LogP) is 0.612. The molecule has 0 aromatic carbocycles. The number of ketones is 1. The number of rotatable bonds is 3. The average molecular weight is 102 g/mol. The highest BCUT2D eigenvalue weighted by molar-refractivity contribution is 5.76. The molecule has 0 saturated heterocycles. The molecule has 0 spiro atoms. The van der Waals surface area contributed by atoms with E-state index in [1.54, 1.807) is 0 Å². The highest BCUT2D eigenvalue weighted by atomic mass is 16.5. The minimum absolute atomic E-state index is 0.0850.